The Morgan fingerprint density at radius 3 is 2.76 bits per heavy atom. The number of benzene rings is 2. The maximum Gasteiger partial charge on any atom is 0.191 e. The van der Waals surface area contributed by atoms with E-state index >= 15 is 0 Å². The van der Waals surface area contributed by atoms with Crippen LogP contribution in [0.15, 0.2) is 53.5 Å². The number of aliphatic imine (C=N–C) groups is 1. The van der Waals surface area contributed by atoms with E-state index in [2.05, 4.69) is 27.8 Å². The van der Waals surface area contributed by atoms with E-state index in [0.29, 0.717) is 18.5 Å². The van der Waals surface area contributed by atoms with Gasteiger partial charge >= 0.3 is 0 Å². The van der Waals surface area contributed by atoms with Crippen LogP contribution in [0.1, 0.15) is 23.5 Å². The van der Waals surface area contributed by atoms with Gasteiger partial charge in [-0.05, 0) is 41.8 Å². The predicted molar refractivity (Wildman–Crippen MR) is 114 cm³/mol. The van der Waals surface area contributed by atoms with Crippen LogP contribution in [-0.2, 0) is 6.54 Å². The summed E-state index contributed by atoms with van der Waals surface area (Å²) in [6.07, 6.45) is 1.10. The van der Waals surface area contributed by atoms with Crippen molar-refractivity contribution in [2.45, 2.75) is 24.9 Å². The highest BCUT2D eigenvalue weighted by atomic mass is 127. The van der Waals surface area contributed by atoms with Gasteiger partial charge in [-0.25, -0.2) is 0 Å². The highest BCUT2D eigenvalue weighted by Crippen LogP contribution is 2.41. The SMILES string of the molecule is CN=C(NCc1cccc(OC)c1)NC1CC1c1cccc(Cl)c1.I. The molecule has 134 valence electrons. The number of nitrogens with one attached hydrogen (secondary N) is 2. The summed E-state index contributed by atoms with van der Waals surface area (Å²) in [4.78, 5) is 4.31. The minimum Gasteiger partial charge on any atom is -0.497 e. The molecular weight excluding hydrogens is 449 g/mol. The Balaban J connectivity index is 0.00000225. The summed E-state index contributed by atoms with van der Waals surface area (Å²) >= 11 is 6.07. The fourth-order valence-corrected chi connectivity index (χ4v) is 3.00. The molecule has 2 aromatic rings. The van der Waals surface area contributed by atoms with Crippen molar-refractivity contribution in [1.82, 2.24) is 10.6 Å². The van der Waals surface area contributed by atoms with E-state index in [1.54, 1.807) is 14.2 Å². The molecule has 25 heavy (non-hydrogen) atoms. The molecule has 0 amide bonds. The van der Waals surface area contributed by atoms with Crippen molar-refractivity contribution >= 4 is 41.5 Å². The second-order valence-electron chi connectivity index (χ2n) is 5.93. The topological polar surface area (TPSA) is 45.7 Å². The summed E-state index contributed by atoms with van der Waals surface area (Å²) in [5.74, 6) is 2.17. The van der Waals surface area contributed by atoms with E-state index in [9.17, 15) is 0 Å². The Kier molecular flexibility index (Phi) is 7.38. The molecule has 1 saturated carbocycles. The van der Waals surface area contributed by atoms with Crippen molar-refractivity contribution in [3.05, 3.63) is 64.7 Å². The average Bonchev–Trinajstić information content (AvgIpc) is 3.38. The second kappa shape index (κ2) is 9.29. The third kappa shape index (κ3) is 5.51. The quantitative estimate of drug-likeness (QED) is 0.391. The zero-order valence-corrected chi connectivity index (χ0v) is 17.4. The lowest BCUT2D eigenvalue weighted by Crippen LogP contribution is -2.38. The summed E-state index contributed by atoms with van der Waals surface area (Å²) in [5.41, 5.74) is 2.43. The molecule has 0 spiro atoms. The van der Waals surface area contributed by atoms with Gasteiger partial charge in [0.1, 0.15) is 5.75 Å². The number of methoxy groups -OCH3 is 1. The van der Waals surface area contributed by atoms with Gasteiger partial charge in [0.15, 0.2) is 5.96 Å². The van der Waals surface area contributed by atoms with E-state index in [1.807, 2.05) is 36.4 Å². The van der Waals surface area contributed by atoms with E-state index in [1.165, 1.54) is 5.56 Å². The molecule has 3 rings (SSSR count). The first-order chi connectivity index (χ1) is 11.7. The minimum atomic E-state index is 0. The molecule has 2 aromatic carbocycles. The molecule has 1 aliphatic carbocycles. The molecule has 2 N–H and O–H groups in total. The minimum absolute atomic E-state index is 0. The Labute approximate surface area is 171 Å². The maximum absolute atomic E-state index is 6.07. The fourth-order valence-electron chi connectivity index (χ4n) is 2.80. The smallest absolute Gasteiger partial charge is 0.191 e. The monoisotopic (exact) mass is 471 g/mol. The number of hydrogen-bond acceptors (Lipinski definition) is 2. The van der Waals surface area contributed by atoms with Crippen LogP contribution in [0.25, 0.3) is 0 Å². The van der Waals surface area contributed by atoms with E-state index in [0.717, 1.165) is 28.7 Å². The molecule has 6 heteroatoms. The van der Waals surface area contributed by atoms with Gasteiger partial charge in [0.2, 0.25) is 0 Å². The van der Waals surface area contributed by atoms with Gasteiger partial charge in [0.25, 0.3) is 0 Å². The first kappa shape index (κ1) is 19.8. The van der Waals surface area contributed by atoms with Crippen molar-refractivity contribution < 1.29 is 4.74 Å². The molecule has 2 unspecified atom stereocenters. The third-order valence-corrected chi connectivity index (χ3v) is 4.44. The van der Waals surface area contributed by atoms with Gasteiger partial charge in [0.05, 0.1) is 7.11 Å². The third-order valence-electron chi connectivity index (χ3n) is 4.21. The molecule has 1 aliphatic rings. The Bertz CT molecular complexity index is 738. The van der Waals surface area contributed by atoms with Gasteiger partial charge in [0, 0.05) is 30.6 Å². The molecule has 0 aliphatic heterocycles. The summed E-state index contributed by atoms with van der Waals surface area (Å²) in [6, 6.07) is 16.5. The van der Waals surface area contributed by atoms with Gasteiger partial charge < -0.3 is 15.4 Å². The lowest BCUT2D eigenvalue weighted by atomic mass is 10.1. The molecule has 0 aromatic heterocycles. The van der Waals surface area contributed by atoms with Gasteiger partial charge in [-0.15, -0.1) is 24.0 Å². The molecule has 4 nitrogen and oxygen atoms in total. The highest BCUT2D eigenvalue weighted by Gasteiger charge is 2.39. The predicted octanol–water partition coefficient (Wildman–Crippen LogP) is 4.19. The van der Waals surface area contributed by atoms with Crippen molar-refractivity contribution in [3.63, 3.8) is 0 Å². The number of ether oxygens (including phenoxy) is 1. The lowest BCUT2D eigenvalue weighted by molar-refractivity contribution is 0.414. The standard InChI is InChI=1S/C19H22ClN3O.HI/c1-21-19(22-12-13-5-3-8-16(9-13)24-2)23-18-11-17(18)14-6-4-7-15(20)10-14;/h3-10,17-18H,11-12H2,1-2H3,(H2,21,22,23);1H. The highest BCUT2D eigenvalue weighted by molar-refractivity contribution is 14.0. The second-order valence-corrected chi connectivity index (χ2v) is 6.36. The van der Waals surface area contributed by atoms with Gasteiger partial charge in [-0.3, -0.25) is 4.99 Å². The Hall–Kier alpha value is -1.47. The molecule has 0 radical (unpaired) electrons. The molecular formula is C19H23ClIN3O. The lowest BCUT2D eigenvalue weighted by Gasteiger charge is -2.12. The number of halogens is 2. The van der Waals surface area contributed by atoms with Crippen molar-refractivity contribution in [3.8, 4) is 5.75 Å². The van der Waals surface area contributed by atoms with Crippen LogP contribution < -0.4 is 15.4 Å². The van der Waals surface area contributed by atoms with Crippen LogP contribution in [0.2, 0.25) is 5.02 Å². The molecule has 0 saturated heterocycles. The zero-order chi connectivity index (χ0) is 16.9. The van der Waals surface area contributed by atoms with Crippen molar-refractivity contribution in [2.24, 2.45) is 4.99 Å². The first-order valence-corrected chi connectivity index (χ1v) is 8.43. The first-order valence-electron chi connectivity index (χ1n) is 8.05. The van der Waals surface area contributed by atoms with Crippen LogP contribution in [-0.4, -0.2) is 26.2 Å². The molecule has 0 heterocycles. The van der Waals surface area contributed by atoms with E-state index < -0.39 is 0 Å². The van der Waals surface area contributed by atoms with E-state index in [-0.39, 0.29) is 24.0 Å². The van der Waals surface area contributed by atoms with Crippen LogP contribution in [0.4, 0.5) is 0 Å². The van der Waals surface area contributed by atoms with Crippen LogP contribution in [0.3, 0.4) is 0 Å². The molecule has 2 atom stereocenters. The molecule has 1 fully saturated rings. The van der Waals surface area contributed by atoms with Crippen LogP contribution in [0.5, 0.6) is 5.75 Å². The Morgan fingerprint density at radius 1 is 1.24 bits per heavy atom. The van der Waals surface area contributed by atoms with Crippen molar-refractivity contribution in [2.75, 3.05) is 14.2 Å². The summed E-state index contributed by atoms with van der Waals surface area (Å²) in [7, 11) is 3.47. The maximum atomic E-state index is 6.07. The summed E-state index contributed by atoms with van der Waals surface area (Å²) in [5, 5.41) is 7.61. The normalized spacial score (nSPS) is 18.9. The summed E-state index contributed by atoms with van der Waals surface area (Å²) in [6.45, 7) is 0.700. The molecule has 0 bridgehead atoms. The van der Waals surface area contributed by atoms with Crippen LogP contribution >= 0.6 is 35.6 Å². The largest absolute Gasteiger partial charge is 0.497 e. The number of rotatable bonds is 5. The summed E-state index contributed by atoms with van der Waals surface area (Å²) < 4.78 is 5.25. The van der Waals surface area contributed by atoms with Gasteiger partial charge in [-0.1, -0.05) is 35.9 Å². The number of hydrogen-bond donors (Lipinski definition) is 2. The van der Waals surface area contributed by atoms with E-state index in [4.69, 9.17) is 16.3 Å². The zero-order valence-electron chi connectivity index (χ0n) is 14.3. The van der Waals surface area contributed by atoms with Crippen LogP contribution in [0, 0.1) is 0 Å². The Morgan fingerprint density at radius 2 is 2.04 bits per heavy atom. The fraction of sp³-hybridized carbons (Fsp3) is 0.316. The average molecular weight is 472 g/mol. The number of nitrogens with zero attached hydrogens (tertiary/aromatic N) is 1. The van der Waals surface area contributed by atoms with Crippen molar-refractivity contribution in [1.29, 1.82) is 0 Å². The van der Waals surface area contributed by atoms with Gasteiger partial charge in [-0.2, -0.15) is 0 Å². The number of guanidine groups is 1.